The summed E-state index contributed by atoms with van der Waals surface area (Å²) in [7, 11) is 0. The topological polar surface area (TPSA) is 9.23 Å². The summed E-state index contributed by atoms with van der Waals surface area (Å²) < 4.78 is 6.43. The highest BCUT2D eigenvalue weighted by Crippen LogP contribution is 2.29. The van der Waals surface area contributed by atoms with Crippen LogP contribution >= 0.6 is 27.7 Å². The van der Waals surface area contributed by atoms with Crippen molar-refractivity contribution in [1.29, 1.82) is 0 Å². The van der Waals surface area contributed by atoms with Crippen molar-refractivity contribution in [1.82, 2.24) is 0 Å². The van der Waals surface area contributed by atoms with Gasteiger partial charge in [-0.25, -0.2) is 0 Å². The van der Waals surface area contributed by atoms with Crippen LogP contribution in [0.5, 0.6) is 5.75 Å². The van der Waals surface area contributed by atoms with Crippen LogP contribution in [0.1, 0.15) is 6.92 Å². The van der Waals surface area contributed by atoms with E-state index in [4.69, 9.17) is 4.74 Å². The first-order chi connectivity index (χ1) is 5.77. The Morgan fingerprint density at radius 2 is 2.25 bits per heavy atom. The van der Waals surface area contributed by atoms with Crippen molar-refractivity contribution in [2.24, 2.45) is 0 Å². The van der Waals surface area contributed by atoms with E-state index in [2.05, 4.69) is 28.3 Å². The zero-order valence-electron chi connectivity index (χ0n) is 7.13. The van der Waals surface area contributed by atoms with Gasteiger partial charge in [-0.1, -0.05) is 0 Å². The Hall–Kier alpha value is -0.150. The Morgan fingerprint density at radius 3 is 2.83 bits per heavy atom. The van der Waals surface area contributed by atoms with Gasteiger partial charge >= 0.3 is 0 Å². The van der Waals surface area contributed by atoms with Crippen LogP contribution in [0.25, 0.3) is 0 Å². The summed E-state index contributed by atoms with van der Waals surface area (Å²) in [5.74, 6) is 0.921. The molecule has 1 nitrogen and oxygen atoms in total. The van der Waals surface area contributed by atoms with Gasteiger partial charge in [-0.15, -0.1) is 11.8 Å². The number of ether oxygens (including phenoxy) is 1. The van der Waals surface area contributed by atoms with Crippen molar-refractivity contribution in [3.05, 3.63) is 22.7 Å². The molecule has 0 aliphatic carbocycles. The number of halogens is 1. The van der Waals surface area contributed by atoms with Crippen LogP contribution < -0.4 is 4.74 Å². The van der Waals surface area contributed by atoms with E-state index in [0.29, 0.717) is 6.61 Å². The molecule has 12 heavy (non-hydrogen) atoms. The van der Waals surface area contributed by atoms with Crippen molar-refractivity contribution in [2.45, 2.75) is 11.8 Å². The molecule has 0 unspecified atom stereocenters. The van der Waals surface area contributed by atoms with Gasteiger partial charge in [0.05, 0.1) is 11.1 Å². The molecular formula is C9H11BrOS. The predicted molar refractivity (Wildman–Crippen MR) is 57.1 cm³/mol. The molecule has 0 radical (unpaired) electrons. The maximum atomic E-state index is 5.42. The largest absolute Gasteiger partial charge is 0.493 e. The second-order valence-electron chi connectivity index (χ2n) is 2.23. The quantitative estimate of drug-likeness (QED) is 0.755. The first-order valence-corrected chi connectivity index (χ1v) is 5.76. The smallest absolute Gasteiger partial charge is 0.134 e. The summed E-state index contributed by atoms with van der Waals surface area (Å²) in [5.41, 5.74) is 0. The molecule has 0 bridgehead atoms. The molecule has 1 aromatic carbocycles. The maximum absolute atomic E-state index is 5.42. The SMILES string of the molecule is CCOc1cc(SC)ccc1Br. The average molecular weight is 247 g/mol. The minimum atomic E-state index is 0.705. The Balaban J connectivity index is 2.91. The predicted octanol–water partition coefficient (Wildman–Crippen LogP) is 3.57. The van der Waals surface area contributed by atoms with Crippen molar-refractivity contribution in [3.63, 3.8) is 0 Å². The van der Waals surface area contributed by atoms with Crippen LogP contribution in [0.15, 0.2) is 27.6 Å². The molecule has 0 saturated heterocycles. The Morgan fingerprint density at radius 1 is 1.50 bits per heavy atom. The highest BCUT2D eigenvalue weighted by Gasteiger charge is 2.00. The zero-order chi connectivity index (χ0) is 8.97. The lowest BCUT2D eigenvalue weighted by Crippen LogP contribution is -1.92. The molecule has 0 spiro atoms. The summed E-state index contributed by atoms with van der Waals surface area (Å²) in [6.07, 6.45) is 2.05. The van der Waals surface area contributed by atoms with Gasteiger partial charge in [0, 0.05) is 4.90 Å². The minimum absolute atomic E-state index is 0.705. The van der Waals surface area contributed by atoms with Gasteiger partial charge < -0.3 is 4.74 Å². The van der Waals surface area contributed by atoms with Gasteiger partial charge in [-0.05, 0) is 47.3 Å². The van der Waals surface area contributed by atoms with E-state index < -0.39 is 0 Å². The lowest BCUT2D eigenvalue weighted by atomic mass is 10.3. The van der Waals surface area contributed by atoms with Crippen molar-refractivity contribution in [2.75, 3.05) is 12.9 Å². The molecule has 1 aromatic rings. The van der Waals surface area contributed by atoms with E-state index in [1.54, 1.807) is 11.8 Å². The molecular weight excluding hydrogens is 236 g/mol. The van der Waals surface area contributed by atoms with Crippen LogP contribution in [0, 0.1) is 0 Å². The number of thioether (sulfide) groups is 1. The van der Waals surface area contributed by atoms with E-state index in [9.17, 15) is 0 Å². The van der Waals surface area contributed by atoms with Gasteiger partial charge in [0.2, 0.25) is 0 Å². The van der Waals surface area contributed by atoms with Gasteiger partial charge in [-0.3, -0.25) is 0 Å². The Kier molecular flexibility index (Phi) is 3.95. The van der Waals surface area contributed by atoms with Crippen LogP contribution in [0.2, 0.25) is 0 Å². The molecule has 3 heteroatoms. The fraction of sp³-hybridized carbons (Fsp3) is 0.333. The van der Waals surface area contributed by atoms with E-state index in [-0.39, 0.29) is 0 Å². The second-order valence-corrected chi connectivity index (χ2v) is 3.96. The highest BCUT2D eigenvalue weighted by molar-refractivity contribution is 9.10. The Bertz CT molecular complexity index is 263. The molecule has 66 valence electrons. The first-order valence-electron chi connectivity index (χ1n) is 3.74. The standard InChI is InChI=1S/C9H11BrOS/c1-3-11-9-6-7(12-2)4-5-8(9)10/h4-6H,3H2,1-2H3. The summed E-state index contributed by atoms with van der Waals surface area (Å²) in [6.45, 7) is 2.69. The summed E-state index contributed by atoms with van der Waals surface area (Å²) >= 11 is 5.14. The zero-order valence-corrected chi connectivity index (χ0v) is 9.54. The second kappa shape index (κ2) is 4.77. The maximum Gasteiger partial charge on any atom is 0.134 e. The molecule has 1 rings (SSSR count). The normalized spacial score (nSPS) is 9.92. The summed E-state index contributed by atoms with van der Waals surface area (Å²) in [6, 6.07) is 6.12. The molecule has 0 aliphatic heterocycles. The fourth-order valence-electron chi connectivity index (χ4n) is 0.877. The minimum Gasteiger partial charge on any atom is -0.493 e. The van der Waals surface area contributed by atoms with E-state index in [1.807, 2.05) is 19.1 Å². The third-order valence-corrected chi connectivity index (χ3v) is 2.82. The summed E-state index contributed by atoms with van der Waals surface area (Å²) in [5, 5.41) is 0. The first kappa shape index (κ1) is 9.93. The van der Waals surface area contributed by atoms with Crippen LogP contribution in [0.4, 0.5) is 0 Å². The number of benzene rings is 1. The van der Waals surface area contributed by atoms with Crippen molar-refractivity contribution >= 4 is 27.7 Å². The van der Waals surface area contributed by atoms with Gasteiger partial charge in [0.15, 0.2) is 0 Å². The molecule has 0 atom stereocenters. The molecule has 0 fully saturated rings. The van der Waals surface area contributed by atoms with Crippen LogP contribution in [0.3, 0.4) is 0 Å². The molecule has 0 N–H and O–H groups in total. The molecule has 0 saturated carbocycles. The molecule has 0 heterocycles. The van der Waals surface area contributed by atoms with Gasteiger partial charge in [-0.2, -0.15) is 0 Å². The molecule has 0 aliphatic rings. The van der Waals surface area contributed by atoms with E-state index >= 15 is 0 Å². The van der Waals surface area contributed by atoms with E-state index in [0.717, 1.165) is 10.2 Å². The molecule has 0 amide bonds. The van der Waals surface area contributed by atoms with Crippen molar-refractivity contribution in [3.8, 4) is 5.75 Å². The monoisotopic (exact) mass is 246 g/mol. The van der Waals surface area contributed by atoms with Crippen LogP contribution in [-0.2, 0) is 0 Å². The lowest BCUT2D eigenvalue weighted by Gasteiger charge is -2.06. The third kappa shape index (κ3) is 2.42. The fourth-order valence-corrected chi connectivity index (χ4v) is 1.67. The number of rotatable bonds is 3. The van der Waals surface area contributed by atoms with E-state index in [1.165, 1.54) is 4.90 Å². The lowest BCUT2D eigenvalue weighted by molar-refractivity contribution is 0.337. The van der Waals surface area contributed by atoms with Gasteiger partial charge in [0.25, 0.3) is 0 Å². The Labute approximate surface area is 85.6 Å². The van der Waals surface area contributed by atoms with Crippen LogP contribution in [-0.4, -0.2) is 12.9 Å². The number of hydrogen-bond donors (Lipinski definition) is 0. The van der Waals surface area contributed by atoms with Gasteiger partial charge in [0.1, 0.15) is 5.75 Å². The average Bonchev–Trinajstić information content (AvgIpc) is 2.09. The summed E-state index contributed by atoms with van der Waals surface area (Å²) in [4.78, 5) is 1.22. The van der Waals surface area contributed by atoms with Crippen molar-refractivity contribution < 1.29 is 4.74 Å². The molecule has 0 aromatic heterocycles. The highest BCUT2D eigenvalue weighted by atomic mass is 79.9. The third-order valence-electron chi connectivity index (χ3n) is 1.44. The number of hydrogen-bond acceptors (Lipinski definition) is 2.